The third-order valence-electron chi connectivity index (χ3n) is 3.63. The van der Waals surface area contributed by atoms with Gasteiger partial charge in [-0.3, -0.25) is 0 Å². The van der Waals surface area contributed by atoms with Gasteiger partial charge in [-0.1, -0.05) is 17.7 Å². The van der Waals surface area contributed by atoms with E-state index in [0.717, 1.165) is 18.7 Å². The van der Waals surface area contributed by atoms with E-state index in [1.807, 2.05) is 6.07 Å². The van der Waals surface area contributed by atoms with Gasteiger partial charge in [0.25, 0.3) is 0 Å². The number of hydrogen-bond acceptors (Lipinski definition) is 5. The Labute approximate surface area is 139 Å². The van der Waals surface area contributed by atoms with Crippen LogP contribution in [0.4, 0.5) is 10.7 Å². The number of amides is 2. The number of hydrogen-bond donors (Lipinski definition) is 1. The predicted molar refractivity (Wildman–Crippen MR) is 87.3 cm³/mol. The maximum absolute atomic E-state index is 12.2. The number of halogens is 1. The lowest BCUT2D eigenvalue weighted by atomic mass is 10.3. The van der Waals surface area contributed by atoms with Crippen LogP contribution in [0.25, 0.3) is 0 Å². The first kappa shape index (κ1) is 15.5. The first-order valence-corrected chi connectivity index (χ1v) is 7.75. The SMILES string of the molecule is O=C(NCc1ccc(Cl)nc1)N1CCN(c2ncccn2)CC1. The maximum atomic E-state index is 12.2. The van der Waals surface area contributed by atoms with Crippen molar-refractivity contribution in [2.24, 2.45) is 0 Å². The molecule has 1 saturated heterocycles. The largest absolute Gasteiger partial charge is 0.337 e. The zero-order chi connectivity index (χ0) is 16.1. The standard InChI is InChI=1S/C15H17ClN6O/c16-13-3-2-12(10-19-13)11-20-15(23)22-8-6-21(7-9-22)14-17-4-1-5-18-14/h1-5,10H,6-9,11H2,(H,20,23). The zero-order valence-corrected chi connectivity index (χ0v) is 13.3. The molecule has 7 nitrogen and oxygen atoms in total. The van der Waals surface area contributed by atoms with Gasteiger partial charge >= 0.3 is 6.03 Å². The van der Waals surface area contributed by atoms with Gasteiger partial charge in [0.15, 0.2) is 0 Å². The molecule has 0 saturated carbocycles. The van der Waals surface area contributed by atoms with Crippen LogP contribution in [-0.4, -0.2) is 52.1 Å². The third kappa shape index (κ3) is 4.07. The summed E-state index contributed by atoms with van der Waals surface area (Å²) in [4.78, 5) is 28.5. The summed E-state index contributed by atoms with van der Waals surface area (Å²) in [6.45, 7) is 3.16. The topological polar surface area (TPSA) is 74.2 Å². The quantitative estimate of drug-likeness (QED) is 0.863. The van der Waals surface area contributed by atoms with E-state index >= 15 is 0 Å². The number of anilines is 1. The Kier molecular flexibility index (Phi) is 4.87. The number of aromatic nitrogens is 3. The lowest BCUT2D eigenvalue weighted by Gasteiger charge is -2.34. The average molecular weight is 333 g/mol. The summed E-state index contributed by atoms with van der Waals surface area (Å²) in [7, 11) is 0. The maximum Gasteiger partial charge on any atom is 0.317 e. The van der Waals surface area contributed by atoms with Crippen molar-refractivity contribution in [2.75, 3.05) is 31.1 Å². The van der Waals surface area contributed by atoms with Crippen LogP contribution in [0.15, 0.2) is 36.8 Å². The van der Waals surface area contributed by atoms with Gasteiger partial charge in [0.2, 0.25) is 5.95 Å². The summed E-state index contributed by atoms with van der Waals surface area (Å²) in [6, 6.07) is 5.27. The van der Waals surface area contributed by atoms with Crippen molar-refractivity contribution in [2.45, 2.75) is 6.54 Å². The lowest BCUT2D eigenvalue weighted by molar-refractivity contribution is 0.193. The zero-order valence-electron chi connectivity index (χ0n) is 12.5. The van der Waals surface area contributed by atoms with Gasteiger partial charge in [0.05, 0.1) is 0 Å². The summed E-state index contributed by atoms with van der Waals surface area (Å²) >= 11 is 5.74. The van der Waals surface area contributed by atoms with Crippen molar-refractivity contribution < 1.29 is 4.79 Å². The summed E-state index contributed by atoms with van der Waals surface area (Å²) < 4.78 is 0. The van der Waals surface area contributed by atoms with Gasteiger partial charge in [-0.25, -0.2) is 19.7 Å². The third-order valence-corrected chi connectivity index (χ3v) is 3.86. The number of piperazine rings is 1. The van der Waals surface area contributed by atoms with Crippen LogP contribution >= 0.6 is 11.6 Å². The Morgan fingerprint density at radius 2 is 1.87 bits per heavy atom. The molecule has 120 valence electrons. The summed E-state index contributed by atoms with van der Waals surface area (Å²) in [5.74, 6) is 0.708. The Hall–Kier alpha value is -2.41. The summed E-state index contributed by atoms with van der Waals surface area (Å²) in [5.41, 5.74) is 0.916. The number of rotatable bonds is 3. The van der Waals surface area contributed by atoms with Crippen LogP contribution in [-0.2, 0) is 6.54 Å². The molecule has 3 rings (SSSR count). The van der Waals surface area contributed by atoms with E-state index in [-0.39, 0.29) is 6.03 Å². The molecule has 1 N–H and O–H groups in total. The normalized spacial score (nSPS) is 14.7. The van der Waals surface area contributed by atoms with Gasteiger partial charge < -0.3 is 15.1 Å². The number of pyridine rings is 1. The van der Waals surface area contributed by atoms with Crippen molar-refractivity contribution >= 4 is 23.6 Å². The Morgan fingerprint density at radius 3 is 2.52 bits per heavy atom. The van der Waals surface area contributed by atoms with Crippen molar-refractivity contribution in [3.8, 4) is 0 Å². The van der Waals surface area contributed by atoms with E-state index in [9.17, 15) is 4.79 Å². The van der Waals surface area contributed by atoms with Crippen LogP contribution in [0, 0.1) is 0 Å². The second-order valence-corrected chi connectivity index (χ2v) is 5.56. The molecular weight excluding hydrogens is 316 g/mol. The number of nitrogens with zero attached hydrogens (tertiary/aromatic N) is 5. The second-order valence-electron chi connectivity index (χ2n) is 5.17. The van der Waals surface area contributed by atoms with Gasteiger partial charge in [0, 0.05) is 51.3 Å². The highest BCUT2D eigenvalue weighted by Gasteiger charge is 2.22. The van der Waals surface area contributed by atoms with E-state index < -0.39 is 0 Å². The molecule has 1 aliphatic rings. The second kappa shape index (κ2) is 7.23. The van der Waals surface area contributed by atoms with Crippen molar-refractivity contribution in [3.63, 3.8) is 0 Å². The number of urea groups is 1. The number of carbonyl (C=O) groups excluding carboxylic acids is 1. The molecule has 0 spiro atoms. The number of nitrogens with one attached hydrogen (secondary N) is 1. The van der Waals surface area contributed by atoms with Crippen LogP contribution in [0.1, 0.15) is 5.56 Å². The molecule has 3 heterocycles. The number of carbonyl (C=O) groups is 1. The van der Waals surface area contributed by atoms with Gasteiger partial charge in [0.1, 0.15) is 5.15 Å². The lowest BCUT2D eigenvalue weighted by Crippen LogP contribution is -2.52. The molecule has 2 amide bonds. The Bertz CT molecular complexity index is 643. The molecule has 2 aromatic heterocycles. The highest BCUT2D eigenvalue weighted by Crippen LogP contribution is 2.10. The summed E-state index contributed by atoms with van der Waals surface area (Å²) in [5, 5.41) is 3.34. The fourth-order valence-corrected chi connectivity index (χ4v) is 2.48. The fourth-order valence-electron chi connectivity index (χ4n) is 2.36. The smallest absolute Gasteiger partial charge is 0.317 e. The molecule has 8 heteroatoms. The molecule has 1 aliphatic heterocycles. The monoisotopic (exact) mass is 332 g/mol. The van der Waals surface area contributed by atoms with E-state index in [2.05, 4.69) is 25.2 Å². The van der Waals surface area contributed by atoms with Crippen molar-refractivity contribution in [3.05, 3.63) is 47.5 Å². The Morgan fingerprint density at radius 1 is 1.13 bits per heavy atom. The highest BCUT2D eigenvalue weighted by atomic mass is 35.5. The molecule has 0 atom stereocenters. The molecule has 23 heavy (non-hydrogen) atoms. The minimum Gasteiger partial charge on any atom is -0.337 e. The van der Waals surface area contributed by atoms with Crippen molar-refractivity contribution in [1.29, 1.82) is 0 Å². The van der Waals surface area contributed by atoms with Crippen LogP contribution < -0.4 is 10.2 Å². The van der Waals surface area contributed by atoms with Gasteiger partial charge in [-0.2, -0.15) is 0 Å². The first-order valence-electron chi connectivity index (χ1n) is 7.37. The minimum absolute atomic E-state index is 0.0754. The molecule has 0 unspecified atom stereocenters. The first-order chi connectivity index (χ1) is 11.2. The molecule has 0 bridgehead atoms. The minimum atomic E-state index is -0.0754. The van der Waals surface area contributed by atoms with E-state index in [0.29, 0.717) is 30.7 Å². The molecule has 0 radical (unpaired) electrons. The molecule has 0 aromatic carbocycles. The van der Waals surface area contributed by atoms with Gasteiger partial charge in [-0.15, -0.1) is 0 Å². The van der Waals surface area contributed by atoms with E-state index in [1.165, 1.54) is 0 Å². The molecule has 1 fully saturated rings. The van der Waals surface area contributed by atoms with E-state index in [4.69, 9.17) is 11.6 Å². The fraction of sp³-hybridized carbons (Fsp3) is 0.333. The average Bonchev–Trinajstić information content (AvgIpc) is 2.62. The molecular formula is C15H17ClN6O. The molecule has 0 aliphatic carbocycles. The Balaban J connectivity index is 1.47. The van der Waals surface area contributed by atoms with Crippen LogP contribution in [0.2, 0.25) is 5.15 Å². The summed E-state index contributed by atoms with van der Waals surface area (Å²) in [6.07, 6.45) is 5.11. The van der Waals surface area contributed by atoms with Gasteiger partial charge in [-0.05, 0) is 17.7 Å². The highest BCUT2D eigenvalue weighted by molar-refractivity contribution is 6.29. The van der Waals surface area contributed by atoms with Crippen molar-refractivity contribution in [1.82, 2.24) is 25.2 Å². The molecule has 2 aromatic rings. The van der Waals surface area contributed by atoms with Crippen LogP contribution in [0.3, 0.4) is 0 Å². The predicted octanol–water partition coefficient (Wildman–Crippen LogP) is 1.56. The van der Waals surface area contributed by atoms with Crippen LogP contribution in [0.5, 0.6) is 0 Å². The van der Waals surface area contributed by atoms with E-state index in [1.54, 1.807) is 35.6 Å².